The molecule has 0 saturated carbocycles. The van der Waals surface area contributed by atoms with Gasteiger partial charge in [0.1, 0.15) is 37.4 Å². The van der Waals surface area contributed by atoms with Crippen LogP contribution < -0.4 is 14.8 Å². The molecule has 3 aromatic carbocycles. The van der Waals surface area contributed by atoms with Crippen molar-refractivity contribution in [2.45, 2.75) is 18.4 Å². The number of carboxylic acid groups (broad SMARTS) is 1. The van der Waals surface area contributed by atoms with Gasteiger partial charge in [0.05, 0.1) is 0 Å². The quantitative estimate of drug-likeness (QED) is 0.135. The first kappa shape index (κ1) is 32.3. The van der Waals surface area contributed by atoms with E-state index < -0.39 is 43.3 Å². The number of nitrogens with one attached hydrogen (secondary N) is 1. The number of esters is 2. The van der Waals surface area contributed by atoms with E-state index in [9.17, 15) is 24.3 Å². The van der Waals surface area contributed by atoms with Gasteiger partial charge in [-0.3, -0.25) is 0 Å². The summed E-state index contributed by atoms with van der Waals surface area (Å²) in [5, 5.41) is 12.3. The van der Waals surface area contributed by atoms with E-state index in [1.54, 1.807) is 0 Å². The summed E-state index contributed by atoms with van der Waals surface area (Å²) in [5.41, 5.74) is 4.54. The molecule has 3 aromatic rings. The van der Waals surface area contributed by atoms with Crippen molar-refractivity contribution in [1.29, 1.82) is 0 Å². The van der Waals surface area contributed by atoms with Crippen molar-refractivity contribution < 1.29 is 48.0 Å². The highest BCUT2D eigenvalue weighted by Gasteiger charge is 2.30. The van der Waals surface area contributed by atoms with Gasteiger partial charge in [-0.05, 0) is 39.9 Å². The first-order valence-electron chi connectivity index (χ1n) is 14.1. The third-order valence-electron chi connectivity index (χ3n) is 6.75. The molecule has 4 rings (SSSR count). The highest BCUT2D eigenvalue weighted by molar-refractivity contribution is 5.81. The summed E-state index contributed by atoms with van der Waals surface area (Å²) >= 11 is 0. The Labute approximate surface area is 260 Å². The van der Waals surface area contributed by atoms with Gasteiger partial charge in [-0.1, -0.05) is 73.8 Å². The summed E-state index contributed by atoms with van der Waals surface area (Å²) < 4.78 is 26.4. The Morgan fingerprint density at radius 2 is 1.29 bits per heavy atom. The van der Waals surface area contributed by atoms with Crippen molar-refractivity contribution in [1.82, 2.24) is 5.32 Å². The van der Waals surface area contributed by atoms with E-state index in [1.807, 2.05) is 48.5 Å². The van der Waals surface area contributed by atoms with Gasteiger partial charge in [-0.25, -0.2) is 19.2 Å². The fourth-order valence-electron chi connectivity index (χ4n) is 4.80. The maximum absolute atomic E-state index is 12.8. The number of carbonyl (C=O) groups is 4. The number of hydrogen-bond acceptors (Lipinski definition) is 9. The molecule has 234 valence electrons. The highest BCUT2D eigenvalue weighted by atomic mass is 16.6. The maximum atomic E-state index is 12.8. The van der Waals surface area contributed by atoms with E-state index in [0.29, 0.717) is 5.56 Å². The second kappa shape index (κ2) is 15.8. The number of rotatable bonds is 16. The lowest BCUT2D eigenvalue weighted by molar-refractivity contribution is -0.145. The van der Waals surface area contributed by atoms with E-state index in [1.165, 1.54) is 30.4 Å². The van der Waals surface area contributed by atoms with Gasteiger partial charge in [0.2, 0.25) is 0 Å². The molecule has 0 bridgehead atoms. The molecule has 1 aliphatic rings. The number of alkyl carbamates (subject to hydrolysis) is 1. The minimum atomic E-state index is -1.39. The first-order valence-corrected chi connectivity index (χ1v) is 14.1. The number of carbonyl (C=O) groups excluding carboxylic acids is 3. The van der Waals surface area contributed by atoms with Gasteiger partial charge in [0, 0.05) is 18.4 Å². The third-order valence-corrected chi connectivity index (χ3v) is 6.75. The summed E-state index contributed by atoms with van der Waals surface area (Å²) in [4.78, 5) is 48.8. The van der Waals surface area contributed by atoms with Crippen LogP contribution in [0.3, 0.4) is 0 Å². The zero-order chi connectivity index (χ0) is 32.2. The Hall–Kier alpha value is -5.58. The van der Waals surface area contributed by atoms with Crippen molar-refractivity contribution in [3.8, 4) is 22.6 Å². The van der Waals surface area contributed by atoms with Gasteiger partial charge in [0.25, 0.3) is 0 Å². The molecule has 0 aromatic heterocycles. The highest BCUT2D eigenvalue weighted by Crippen LogP contribution is 2.44. The van der Waals surface area contributed by atoms with E-state index in [-0.39, 0.29) is 43.7 Å². The normalized spacial score (nSPS) is 12.1. The number of ether oxygens (including phenoxy) is 5. The number of amides is 1. The van der Waals surface area contributed by atoms with Gasteiger partial charge in [-0.2, -0.15) is 0 Å². The van der Waals surface area contributed by atoms with E-state index in [2.05, 4.69) is 18.5 Å². The Bertz CT molecular complexity index is 1470. The summed E-state index contributed by atoms with van der Waals surface area (Å²) in [7, 11) is 0. The first-order chi connectivity index (χ1) is 21.8. The van der Waals surface area contributed by atoms with Crippen LogP contribution in [-0.2, 0) is 35.0 Å². The summed E-state index contributed by atoms with van der Waals surface area (Å²) in [6.45, 7) is 6.08. The van der Waals surface area contributed by atoms with Crippen molar-refractivity contribution in [2.75, 3.05) is 33.0 Å². The predicted octanol–water partition coefficient (Wildman–Crippen LogP) is 4.44. The monoisotopic (exact) mass is 615 g/mol. The molecule has 45 heavy (non-hydrogen) atoms. The standard InChI is InChI=1S/C34H33NO10/c1-3-13-41-31(36)20-43-23-15-22(16-24(18-23)44-21-32(37)42-14-4-2)17-30(33(38)39)35-34(40)45-19-29-27-11-7-5-9-25(27)26-10-6-8-12-28(26)29/h3-12,15-16,18,29-30H,1-2,13-14,17,19-21H2,(H,35,40)(H,38,39)/t30-/m0/s1. The number of fused-ring (bicyclic) bond motifs is 3. The Balaban J connectivity index is 1.44. The number of aliphatic carboxylic acids is 1. The molecule has 0 unspecified atom stereocenters. The minimum Gasteiger partial charge on any atom is -0.482 e. The van der Waals surface area contributed by atoms with Crippen LogP contribution in [0, 0.1) is 0 Å². The van der Waals surface area contributed by atoms with E-state index in [4.69, 9.17) is 23.7 Å². The van der Waals surface area contributed by atoms with Gasteiger partial charge >= 0.3 is 24.0 Å². The van der Waals surface area contributed by atoms with Gasteiger partial charge in [-0.15, -0.1) is 0 Å². The van der Waals surface area contributed by atoms with Crippen LogP contribution in [0.4, 0.5) is 4.79 Å². The van der Waals surface area contributed by atoms with Gasteiger partial charge in [0.15, 0.2) is 13.2 Å². The lowest BCUT2D eigenvalue weighted by Gasteiger charge is -2.18. The molecule has 1 atom stereocenters. The number of carboxylic acids is 1. The SMILES string of the molecule is C=CCOC(=O)COc1cc(C[C@H](NC(=O)OCC2c3ccccc3-c3ccccc32)C(=O)O)cc(OCC(=O)OCC=C)c1. The second-order valence-electron chi connectivity index (χ2n) is 9.90. The molecule has 0 saturated heterocycles. The fourth-order valence-corrected chi connectivity index (χ4v) is 4.80. The van der Waals surface area contributed by atoms with Crippen LogP contribution in [0.2, 0.25) is 0 Å². The molecule has 2 N–H and O–H groups in total. The van der Waals surface area contributed by atoms with E-state index in [0.717, 1.165) is 22.3 Å². The Kier molecular flexibility index (Phi) is 11.3. The van der Waals surface area contributed by atoms with Crippen molar-refractivity contribution in [3.63, 3.8) is 0 Å². The van der Waals surface area contributed by atoms with Crippen molar-refractivity contribution in [2.24, 2.45) is 0 Å². The van der Waals surface area contributed by atoms with Crippen molar-refractivity contribution >= 4 is 24.0 Å². The molecule has 11 nitrogen and oxygen atoms in total. The summed E-state index contributed by atoms with van der Waals surface area (Å²) in [5.74, 6) is -2.53. The minimum absolute atomic E-state index is 0.00520. The smallest absolute Gasteiger partial charge is 0.407 e. The second-order valence-corrected chi connectivity index (χ2v) is 9.90. The topological polar surface area (TPSA) is 147 Å². The molecular formula is C34H33NO10. The molecule has 0 fully saturated rings. The third kappa shape index (κ3) is 8.96. The number of hydrogen-bond donors (Lipinski definition) is 2. The predicted molar refractivity (Wildman–Crippen MR) is 163 cm³/mol. The summed E-state index contributed by atoms with van der Waals surface area (Å²) in [6.07, 6.45) is 1.72. The zero-order valence-corrected chi connectivity index (χ0v) is 24.4. The molecule has 0 spiro atoms. The molecule has 0 radical (unpaired) electrons. The molecular weight excluding hydrogens is 582 g/mol. The summed E-state index contributed by atoms with van der Waals surface area (Å²) in [6, 6.07) is 18.7. The Morgan fingerprint density at radius 1 is 0.778 bits per heavy atom. The molecule has 1 amide bonds. The van der Waals surface area contributed by atoms with Crippen LogP contribution in [-0.4, -0.2) is 68.2 Å². The lowest BCUT2D eigenvalue weighted by atomic mass is 9.98. The lowest BCUT2D eigenvalue weighted by Crippen LogP contribution is -2.42. The largest absolute Gasteiger partial charge is 0.482 e. The van der Waals surface area contributed by atoms with Crippen molar-refractivity contribution in [3.05, 3.63) is 109 Å². The molecule has 1 aliphatic carbocycles. The number of benzene rings is 3. The maximum Gasteiger partial charge on any atom is 0.407 e. The average Bonchev–Trinajstić information content (AvgIpc) is 3.36. The molecule has 0 aliphatic heterocycles. The average molecular weight is 616 g/mol. The molecule has 0 heterocycles. The van der Waals surface area contributed by atoms with Gasteiger partial charge < -0.3 is 34.1 Å². The van der Waals surface area contributed by atoms with E-state index >= 15 is 0 Å². The van der Waals surface area contributed by atoms with Crippen LogP contribution in [0.25, 0.3) is 11.1 Å². The molecule has 11 heteroatoms. The van der Waals surface area contributed by atoms with Crippen LogP contribution in [0.1, 0.15) is 22.6 Å². The Morgan fingerprint density at radius 3 is 1.78 bits per heavy atom. The van der Waals surface area contributed by atoms with Crippen LogP contribution in [0.15, 0.2) is 92.0 Å². The zero-order valence-electron chi connectivity index (χ0n) is 24.4. The fraction of sp³-hybridized carbons (Fsp3) is 0.235. The van der Waals surface area contributed by atoms with Crippen LogP contribution in [0.5, 0.6) is 11.5 Å². The van der Waals surface area contributed by atoms with Crippen LogP contribution >= 0.6 is 0 Å².